The number of ether oxygens (including phenoxy) is 2. The van der Waals surface area contributed by atoms with Crippen molar-refractivity contribution in [1.82, 2.24) is 9.55 Å². The molecule has 0 bridgehead atoms. The number of rotatable bonds is 5. The van der Waals surface area contributed by atoms with Crippen LogP contribution in [-0.4, -0.2) is 41.7 Å². The molecule has 0 fully saturated rings. The van der Waals surface area contributed by atoms with Crippen molar-refractivity contribution in [2.45, 2.75) is 23.7 Å². The zero-order valence-corrected chi connectivity index (χ0v) is 17.9. The fourth-order valence-electron chi connectivity index (χ4n) is 3.75. The van der Waals surface area contributed by atoms with Gasteiger partial charge in [0.2, 0.25) is 0 Å². The molecule has 1 N–H and O–H groups in total. The summed E-state index contributed by atoms with van der Waals surface area (Å²) in [4.78, 5) is 27.0. The summed E-state index contributed by atoms with van der Waals surface area (Å²) in [7, 11) is 1.47. The van der Waals surface area contributed by atoms with Gasteiger partial charge < -0.3 is 9.47 Å². The summed E-state index contributed by atoms with van der Waals surface area (Å²) in [5.41, 5.74) is -4.21. The van der Waals surface area contributed by atoms with Gasteiger partial charge in [-0.2, -0.15) is 13.2 Å². The highest BCUT2D eigenvalue weighted by atomic mass is 32.2. The first-order chi connectivity index (χ1) is 15.6. The van der Waals surface area contributed by atoms with Crippen LogP contribution in [0.15, 0.2) is 38.8 Å². The summed E-state index contributed by atoms with van der Waals surface area (Å²) in [6, 6.07) is 2.83. The highest BCUT2D eigenvalue weighted by Gasteiger charge is 2.38. The number of H-pyrrole nitrogens is 1. The molecule has 0 aliphatic carbocycles. The van der Waals surface area contributed by atoms with Gasteiger partial charge in [0, 0.05) is 35.0 Å². The van der Waals surface area contributed by atoms with Crippen LogP contribution >= 0.6 is 11.8 Å². The zero-order valence-electron chi connectivity index (χ0n) is 17.1. The fraction of sp³-hybridized carbons (Fsp3) is 0.333. The minimum absolute atomic E-state index is 0.0491. The third-order valence-electron chi connectivity index (χ3n) is 5.18. The molecule has 0 unspecified atom stereocenters. The molecule has 12 heteroatoms. The van der Waals surface area contributed by atoms with Crippen molar-refractivity contribution in [3.8, 4) is 11.1 Å². The summed E-state index contributed by atoms with van der Waals surface area (Å²) in [6.07, 6.45) is -5.57. The second kappa shape index (κ2) is 8.92. The molecule has 0 spiro atoms. The number of nitrogens with one attached hydrogen (secondary N) is 1. The van der Waals surface area contributed by atoms with Gasteiger partial charge in [-0.15, -0.1) is 11.8 Å². The third-order valence-corrected chi connectivity index (χ3v) is 6.41. The van der Waals surface area contributed by atoms with E-state index in [4.69, 9.17) is 9.47 Å². The Morgan fingerprint density at radius 3 is 2.61 bits per heavy atom. The summed E-state index contributed by atoms with van der Waals surface area (Å²) in [5, 5.41) is -0.367. The summed E-state index contributed by atoms with van der Waals surface area (Å²) >= 11 is 0.911. The first kappa shape index (κ1) is 23.5. The Bertz CT molecular complexity index is 1340. The maximum Gasteiger partial charge on any atom is 0.417 e. The van der Waals surface area contributed by atoms with E-state index in [1.807, 2.05) is 4.98 Å². The topological polar surface area (TPSA) is 73.3 Å². The van der Waals surface area contributed by atoms with Crippen LogP contribution in [0, 0.1) is 11.6 Å². The van der Waals surface area contributed by atoms with Crippen LogP contribution < -0.4 is 11.2 Å². The average molecular weight is 488 g/mol. The van der Waals surface area contributed by atoms with Crippen LogP contribution in [0.3, 0.4) is 0 Å². The molecule has 176 valence electrons. The van der Waals surface area contributed by atoms with Gasteiger partial charge in [0.15, 0.2) is 0 Å². The molecule has 2 heterocycles. The van der Waals surface area contributed by atoms with Gasteiger partial charge in [-0.25, -0.2) is 13.6 Å². The van der Waals surface area contributed by atoms with Crippen LogP contribution in [0.25, 0.3) is 22.0 Å². The molecule has 0 amide bonds. The van der Waals surface area contributed by atoms with Crippen LogP contribution in [0.4, 0.5) is 22.0 Å². The van der Waals surface area contributed by atoms with Crippen molar-refractivity contribution >= 4 is 22.7 Å². The van der Waals surface area contributed by atoms with Crippen molar-refractivity contribution in [1.29, 1.82) is 0 Å². The number of alkyl halides is 3. The molecule has 6 nitrogen and oxygen atoms in total. The minimum atomic E-state index is -4.96. The van der Waals surface area contributed by atoms with E-state index in [1.165, 1.54) is 7.11 Å². The number of methoxy groups -OCH3 is 1. The lowest BCUT2D eigenvalue weighted by Crippen LogP contribution is -2.34. The van der Waals surface area contributed by atoms with Crippen molar-refractivity contribution in [2.24, 2.45) is 0 Å². The molecule has 33 heavy (non-hydrogen) atoms. The normalized spacial score (nSPS) is 16.2. The maximum atomic E-state index is 14.7. The number of hydrogen-bond donors (Lipinski definition) is 1. The second-order valence-corrected chi connectivity index (χ2v) is 8.34. The quantitative estimate of drug-likeness (QED) is 0.437. The standard InChI is InChI=1S/C21H17F5N2O4S/c1-31-4-5-32-11-8-28-17-13(19(29)27-20(28)30)7-14(21(24,25)26)16(18(17)33-9-11)12-3-2-10(22)6-15(12)23/h2-3,6-7,11H,4-5,8-9H2,1H3,(H,27,29,30)/t11-/m0/s1. The van der Waals surface area contributed by atoms with Crippen molar-refractivity contribution in [3.05, 3.63) is 62.3 Å². The molecular formula is C21H17F5N2O4S. The van der Waals surface area contributed by atoms with Gasteiger partial charge in [-0.05, 0) is 18.2 Å². The Balaban J connectivity index is 2.06. The first-order valence-electron chi connectivity index (χ1n) is 9.71. The Hall–Kier alpha value is -2.70. The van der Waals surface area contributed by atoms with E-state index in [0.717, 1.165) is 28.5 Å². The lowest BCUT2D eigenvalue weighted by Gasteiger charge is -2.20. The van der Waals surface area contributed by atoms with Gasteiger partial charge in [0.05, 0.1) is 42.3 Å². The molecule has 0 saturated heterocycles. The van der Waals surface area contributed by atoms with Gasteiger partial charge in [0.1, 0.15) is 11.6 Å². The van der Waals surface area contributed by atoms with E-state index < -0.39 is 51.9 Å². The van der Waals surface area contributed by atoms with E-state index in [9.17, 15) is 31.5 Å². The number of halogens is 5. The largest absolute Gasteiger partial charge is 0.417 e. The molecule has 4 rings (SSSR count). The molecule has 2 aromatic carbocycles. The third kappa shape index (κ3) is 4.42. The van der Waals surface area contributed by atoms with E-state index in [2.05, 4.69) is 0 Å². The number of hydrogen-bond acceptors (Lipinski definition) is 5. The van der Waals surface area contributed by atoms with Gasteiger partial charge in [0.25, 0.3) is 5.56 Å². The Labute approximate surface area is 187 Å². The molecule has 1 aliphatic heterocycles. The number of benzene rings is 2. The van der Waals surface area contributed by atoms with Crippen molar-refractivity contribution < 1.29 is 31.4 Å². The second-order valence-electron chi connectivity index (χ2n) is 7.31. The lowest BCUT2D eigenvalue weighted by atomic mass is 9.96. The van der Waals surface area contributed by atoms with Crippen molar-refractivity contribution in [3.63, 3.8) is 0 Å². The Morgan fingerprint density at radius 2 is 1.94 bits per heavy atom. The molecule has 3 aromatic rings. The van der Waals surface area contributed by atoms with E-state index >= 15 is 0 Å². The van der Waals surface area contributed by atoms with Crippen LogP contribution in [0.5, 0.6) is 0 Å². The smallest absolute Gasteiger partial charge is 0.382 e. The summed E-state index contributed by atoms with van der Waals surface area (Å²) in [6.45, 7) is 0.382. The predicted octanol–water partition coefficient (Wildman–Crippen LogP) is 3.79. The molecule has 1 aliphatic rings. The van der Waals surface area contributed by atoms with Crippen molar-refractivity contribution in [2.75, 3.05) is 26.1 Å². The highest BCUT2D eigenvalue weighted by Crippen LogP contribution is 2.47. The first-order valence-corrected chi connectivity index (χ1v) is 10.7. The van der Waals surface area contributed by atoms with Gasteiger partial charge >= 0.3 is 11.9 Å². The molecule has 1 aromatic heterocycles. The number of aromatic nitrogens is 2. The van der Waals surface area contributed by atoms with Crippen LogP contribution in [0.1, 0.15) is 5.56 Å². The molecular weight excluding hydrogens is 471 g/mol. The minimum Gasteiger partial charge on any atom is -0.382 e. The van der Waals surface area contributed by atoms with E-state index in [1.54, 1.807) is 0 Å². The van der Waals surface area contributed by atoms with Gasteiger partial charge in [-0.1, -0.05) is 0 Å². The lowest BCUT2D eigenvalue weighted by molar-refractivity contribution is -0.137. The molecule has 0 saturated carbocycles. The summed E-state index contributed by atoms with van der Waals surface area (Å²) < 4.78 is 82.2. The maximum absolute atomic E-state index is 14.7. The number of nitrogens with zero attached hydrogens (tertiary/aromatic N) is 1. The molecule has 1 atom stereocenters. The van der Waals surface area contributed by atoms with Crippen LogP contribution in [-0.2, 0) is 22.2 Å². The Kier molecular flexibility index (Phi) is 6.34. The number of aromatic amines is 1. The SMILES string of the molecule is COCCO[C@@H]1CSc2c(-c3ccc(F)cc3F)c(C(F)(F)F)cc3c(=O)[nH]c(=O)n(c23)C1. The highest BCUT2D eigenvalue weighted by molar-refractivity contribution is 7.99. The zero-order chi connectivity index (χ0) is 23.9. The van der Waals surface area contributed by atoms with E-state index in [0.29, 0.717) is 12.1 Å². The van der Waals surface area contributed by atoms with Gasteiger partial charge in [-0.3, -0.25) is 14.3 Å². The number of thioether (sulfide) groups is 1. The monoisotopic (exact) mass is 488 g/mol. The average Bonchev–Trinajstić information content (AvgIpc) is 2.92. The van der Waals surface area contributed by atoms with Crippen LogP contribution in [0.2, 0.25) is 0 Å². The predicted molar refractivity (Wildman–Crippen MR) is 112 cm³/mol. The van der Waals surface area contributed by atoms with E-state index in [-0.39, 0.29) is 41.3 Å². The fourth-order valence-corrected chi connectivity index (χ4v) is 5.03. The Morgan fingerprint density at radius 1 is 1.18 bits per heavy atom. The summed E-state index contributed by atoms with van der Waals surface area (Å²) in [5.74, 6) is -2.04. The molecule has 0 radical (unpaired) electrons.